The van der Waals surface area contributed by atoms with Crippen molar-refractivity contribution in [2.24, 2.45) is 0 Å². The van der Waals surface area contributed by atoms with Crippen LogP contribution in [0.25, 0.3) is 0 Å². The van der Waals surface area contributed by atoms with Gasteiger partial charge in [-0.05, 0) is 52.0 Å². The maximum Gasteiger partial charge on any atom is 0.263 e. The van der Waals surface area contributed by atoms with E-state index in [9.17, 15) is 8.78 Å². The summed E-state index contributed by atoms with van der Waals surface area (Å²) in [6, 6.07) is 5.13. The quantitative estimate of drug-likeness (QED) is 0.789. The molecule has 3 fully saturated rings. The second-order valence-corrected chi connectivity index (χ2v) is 7.80. The summed E-state index contributed by atoms with van der Waals surface area (Å²) in [5.41, 5.74) is -0.409. The van der Waals surface area contributed by atoms with E-state index in [1.807, 2.05) is 13.8 Å². The van der Waals surface area contributed by atoms with Gasteiger partial charge in [0.25, 0.3) is 6.40 Å². The molecule has 8 heteroatoms. The Morgan fingerprint density at radius 1 is 1.04 bits per heavy atom. The van der Waals surface area contributed by atoms with Crippen LogP contribution in [0.3, 0.4) is 0 Å². The van der Waals surface area contributed by atoms with E-state index >= 15 is 0 Å². The summed E-state index contributed by atoms with van der Waals surface area (Å²) < 4.78 is 68.5. The molecule has 3 aliphatic heterocycles. The van der Waals surface area contributed by atoms with Gasteiger partial charge < -0.3 is 28.4 Å². The van der Waals surface area contributed by atoms with Gasteiger partial charge in [-0.3, -0.25) is 0 Å². The van der Waals surface area contributed by atoms with Crippen molar-refractivity contribution in [2.45, 2.75) is 76.4 Å². The zero-order chi connectivity index (χ0) is 20.3. The molecule has 0 radical (unpaired) electrons. The van der Waals surface area contributed by atoms with Crippen LogP contribution in [0.1, 0.15) is 41.0 Å². The summed E-state index contributed by atoms with van der Waals surface area (Å²) in [6.07, 6.45) is -6.30. The molecule has 0 aromatic heterocycles. The standard InChI is InChI=1S/C19H24F2O6/c1-18(2)22-9-12(25-18)13-14(15-17(24-13)27-19(3,4)26-15)23-11-7-5-10(6-8-11)16(20)21/h5-8,12-17H,9H2,1-4H3/t12-,13-,14+,15-,17-/m1/s1/i16D. The van der Waals surface area contributed by atoms with E-state index < -0.39 is 54.2 Å². The number of ether oxygens (including phenoxy) is 6. The Kier molecular flexibility index (Phi) is 4.36. The molecule has 0 saturated carbocycles. The highest BCUT2D eigenvalue weighted by molar-refractivity contribution is 5.28. The Labute approximate surface area is 158 Å². The van der Waals surface area contributed by atoms with Crippen molar-refractivity contribution < 1.29 is 38.6 Å². The van der Waals surface area contributed by atoms with E-state index in [4.69, 9.17) is 29.8 Å². The van der Waals surface area contributed by atoms with Crippen LogP contribution in [0.2, 0.25) is 0 Å². The Hall–Kier alpha value is -1.32. The Morgan fingerprint density at radius 2 is 1.74 bits per heavy atom. The molecule has 4 rings (SSSR count). The van der Waals surface area contributed by atoms with Crippen molar-refractivity contribution in [3.8, 4) is 5.75 Å². The molecule has 0 amide bonds. The van der Waals surface area contributed by atoms with Gasteiger partial charge >= 0.3 is 0 Å². The third kappa shape index (κ3) is 3.82. The zero-order valence-electron chi connectivity index (χ0n) is 16.6. The van der Waals surface area contributed by atoms with Crippen LogP contribution in [0.5, 0.6) is 5.75 Å². The predicted molar refractivity (Wildman–Crippen MR) is 89.4 cm³/mol. The van der Waals surface area contributed by atoms with Crippen LogP contribution in [-0.4, -0.2) is 48.9 Å². The molecule has 5 atom stereocenters. The van der Waals surface area contributed by atoms with Crippen molar-refractivity contribution in [1.82, 2.24) is 0 Å². The van der Waals surface area contributed by atoms with Crippen molar-refractivity contribution in [3.63, 3.8) is 0 Å². The smallest absolute Gasteiger partial charge is 0.263 e. The van der Waals surface area contributed by atoms with Crippen LogP contribution >= 0.6 is 0 Å². The third-order valence-corrected chi connectivity index (χ3v) is 4.77. The van der Waals surface area contributed by atoms with Gasteiger partial charge in [-0.25, -0.2) is 8.78 Å². The highest BCUT2D eigenvalue weighted by atomic mass is 19.3. The molecule has 3 heterocycles. The molecule has 27 heavy (non-hydrogen) atoms. The summed E-state index contributed by atoms with van der Waals surface area (Å²) >= 11 is 0. The minimum atomic E-state index is -3.66. The largest absolute Gasteiger partial charge is 0.485 e. The van der Waals surface area contributed by atoms with Crippen LogP contribution in [0.4, 0.5) is 8.78 Å². The third-order valence-electron chi connectivity index (χ3n) is 4.77. The van der Waals surface area contributed by atoms with Gasteiger partial charge in [-0.15, -0.1) is 0 Å². The minimum absolute atomic E-state index is 0.324. The van der Waals surface area contributed by atoms with E-state index in [0.29, 0.717) is 12.4 Å². The molecular weight excluding hydrogens is 362 g/mol. The van der Waals surface area contributed by atoms with Gasteiger partial charge in [0, 0.05) is 5.56 Å². The first-order chi connectivity index (χ1) is 12.9. The molecule has 6 nitrogen and oxygen atoms in total. The van der Waals surface area contributed by atoms with E-state index in [0.717, 1.165) is 0 Å². The SMILES string of the molecule is [2H]C(F)(F)c1ccc(O[C@@H]2[C@H]3OC(C)(C)O[C@H]3O[C@@H]2[C@H]2COC(C)(C)O2)cc1. The Morgan fingerprint density at radius 3 is 2.33 bits per heavy atom. The van der Waals surface area contributed by atoms with E-state index in [2.05, 4.69) is 0 Å². The average molecular weight is 387 g/mol. The fourth-order valence-electron chi connectivity index (χ4n) is 3.63. The number of halogens is 2. The van der Waals surface area contributed by atoms with Crippen LogP contribution in [-0.2, 0) is 23.7 Å². The van der Waals surface area contributed by atoms with Crippen molar-refractivity contribution in [1.29, 1.82) is 0 Å². The molecule has 0 aliphatic carbocycles. The summed E-state index contributed by atoms with van der Waals surface area (Å²) in [5.74, 6) is -1.21. The second-order valence-electron chi connectivity index (χ2n) is 7.80. The monoisotopic (exact) mass is 387 g/mol. The Balaban J connectivity index is 1.55. The lowest BCUT2D eigenvalue weighted by atomic mass is 10.1. The fourth-order valence-corrected chi connectivity index (χ4v) is 3.63. The van der Waals surface area contributed by atoms with Gasteiger partial charge in [-0.1, -0.05) is 0 Å². The van der Waals surface area contributed by atoms with Crippen molar-refractivity contribution in [2.75, 3.05) is 6.61 Å². The lowest BCUT2D eigenvalue weighted by Gasteiger charge is -2.29. The first-order valence-electron chi connectivity index (χ1n) is 9.41. The molecule has 3 saturated heterocycles. The molecule has 0 spiro atoms. The summed E-state index contributed by atoms with van der Waals surface area (Å²) in [7, 11) is 0. The van der Waals surface area contributed by atoms with Gasteiger partial charge in [0.15, 0.2) is 30.1 Å². The van der Waals surface area contributed by atoms with Crippen LogP contribution < -0.4 is 4.74 Å². The van der Waals surface area contributed by atoms with Crippen LogP contribution in [0, 0.1) is 0 Å². The zero-order valence-corrected chi connectivity index (χ0v) is 15.6. The van der Waals surface area contributed by atoms with Crippen LogP contribution in [0.15, 0.2) is 24.3 Å². The van der Waals surface area contributed by atoms with Crippen molar-refractivity contribution in [3.05, 3.63) is 29.8 Å². The molecule has 0 N–H and O–H groups in total. The Bertz CT molecular complexity index is 720. The molecule has 0 unspecified atom stereocenters. The number of rotatable bonds is 4. The maximum absolute atomic E-state index is 13.1. The normalized spacial score (nSPS) is 37.9. The average Bonchev–Trinajstić information content (AvgIpc) is 3.18. The number of hydrogen-bond acceptors (Lipinski definition) is 6. The topological polar surface area (TPSA) is 55.4 Å². The molecule has 0 bridgehead atoms. The predicted octanol–water partition coefficient (Wildman–Crippen LogP) is 3.40. The maximum atomic E-state index is 13.1. The van der Waals surface area contributed by atoms with E-state index in [1.165, 1.54) is 24.3 Å². The highest BCUT2D eigenvalue weighted by Crippen LogP contribution is 2.42. The van der Waals surface area contributed by atoms with Gasteiger partial charge in [0.1, 0.15) is 19.3 Å². The fraction of sp³-hybridized carbons (Fsp3) is 0.684. The van der Waals surface area contributed by atoms with Gasteiger partial charge in [0.2, 0.25) is 0 Å². The van der Waals surface area contributed by atoms with Gasteiger partial charge in [0.05, 0.1) is 6.61 Å². The lowest BCUT2D eigenvalue weighted by molar-refractivity contribution is -0.230. The molecule has 150 valence electrons. The van der Waals surface area contributed by atoms with E-state index in [1.54, 1.807) is 13.8 Å². The first-order valence-corrected chi connectivity index (χ1v) is 8.91. The lowest BCUT2D eigenvalue weighted by Crippen LogP contribution is -2.45. The van der Waals surface area contributed by atoms with Crippen molar-refractivity contribution >= 4 is 0 Å². The summed E-state index contributed by atoms with van der Waals surface area (Å²) in [5, 5.41) is 0. The molecule has 1 aromatic rings. The molecule has 3 aliphatic rings. The molecular formula is C19H24F2O6. The first kappa shape index (κ1) is 17.8. The number of benzene rings is 1. The minimum Gasteiger partial charge on any atom is -0.485 e. The molecule has 1 aromatic carbocycles. The van der Waals surface area contributed by atoms with E-state index in [-0.39, 0.29) is 0 Å². The second kappa shape index (κ2) is 6.63. The summed E-state index contributed by atoms with van der Waals surface area (Å²) in [4.78, 5) is 0. The number of fused-ring (bicyclic) bond motifs is 1. The number of hydrogen-bond donors (Lipinski definition) is 0. The van der Waals surface area contributed by atoms with Gasteiger partial charge in [-0.2, -0.15) is 0 Å². The number of alkyl halides is 2. The highest BCUT2D eigenvalue weighted by Gasteiger charge is 2.59. The summed E-state index contributed by atoms with van der Waals surface area (Å²) in [6.45, 7) is 7.52.